The summed E-state index contributed by atoms with van der Waals surface area (Å²) in [5.74, 6) is -0.696. The minimum atomic E-state index is -4.73. The molecule has 12 atom stereocenters. The molecule has 3 aliphatic heterocycles. The number of fused-ring (bicyclic) bond motifs is 2. The predicted molar refractivity (Wildman–Crippen MR) is 265 cm³/mol. The number of alkyl halides is 2. The highest BCUT2D eigenvalue weighted by Gasteiger charge is 2.60. The number of rotatable bonds is 7. The number of primary amides is 1. The third kappa shape index (κ3) is 17.7. The van der Waals surface area contributed by atoms with Crippen molar-refractivity contribution in [2.24, 2.45) is 5.73 Å². The van der Waals surface area contributed by atoms with Crippen LogP contribution in [0.2, 0.25) is 0 Å². The molecule has 5 rings (SSSR count). The lowest BCUT2D eigenvalue weighted by Gasteiger charge is -2.31. The van der Waals surface area contributed by atoms with Crippen molar-refractivity contribution in [3.05, 3.63) is 85.1 Å². The van der Waals surface area contributed by atoms with Gasteiger partial charge in [-0.1, -0.05) is 54.3 Å². The summed E-state index contributed by atoms with van der Waals surface area (Å²) in [4.78, 5) is 89.9. The molecule has 4 amide bonds. The van der Waals surface area contributed by atoms with Gasteiger partial charge in [-0.3, -0.25) is 48.0 Å². The molecule has 3 heterocycles. The summed E-state index contributed by atoms with van der Waals surface area (Å²) < 4.78 is 119. The number of urea groups is 1. The van der Waals surface area contributed by atoms with Gasteiger partial charge in [0, 0.05) is 32.0 Å². The van der Waals surface area contributed by atoms with Crippen LogP contribution in [0.3, 0.4) is 0 Å². The van der Waals surface area contributed by atoms with Crippen molar-refractivity contribution < 1.29 is 98.0 Å². The molecule has 0 bridgehead atoms. The minimum Gasteiger partial charge on any atom is -0.465 e. The highest BCUT2D eigenvalue weighted by Crippen LogP contribution is 2.49. The minimum absolute atomic E-state index is 0.00915. The lowest BCUT2D eigenvalue weighted by atomic mass is 9.94. The van der Waals surface area contributed by atoms with Gasteiger partial charge >= 0.3 is 45.4 Å². The monoisotopic (exact) mass is 1120 g/mol. The molecule has 0 aliphatic carbocycles. The summed E-state index contributed by atoms with van der Waals surface area (Å²) in [6.07, 6.45) is -7.46. The molecular formula is C49H61F2N5O19P2. The number of nitrogens with two attached hydrogens (primary N) is 1. The van der Waals surface area contributed by atoms with Gasteiger partial charge in [0.05, 0.1) is 26.4 Å². The maximum absolute atomic E-state index is 17.0. The van der Waals surface area contributed by atoms with Crippen LogP contribution in [0.15, 0.2) is 85.1 Å². The highest BCUT2D eigenvalue weighted by atomic mass is 31.2. The number of allylic oxidation sites excluding steroid dienone is 2. The van der Waals surface area contributed by atoms with Gasteiger partial charge in [0.1, 0.15) is 35.8 Å². The molecule has 0 radical (unpaired) electrons. The van der Waals surface area contributed by atoms with E-state index in [2.05, 4.69) is 22.0 Å². The van der Waals surface area contributed by atoms with Crippen LogP contribution in [-0.2, 0) is 75.4 Å². The number of benzene rings is 2. The Morgan fingerprint density at radius 1 is 0.779 bits per heavy atom. The summed E-state index contributed by atoms with van der Waals surface area (Å²) in [6, 6.07) is 11.0. The second-order valence-electron chi connectivity index (χ2n) is 17.7. The molecule has 2 aromatic rings. The van der Waals surface area contributed by atoms with Crippen molar-refractivity contribution in [2.45, 2.75) is 127 Å². The number of halogens is 2. The Morgan fingerprint density at radius 3 is 1.70 bits per heavy atom. The van der Waals surface area contributed by atoms with Crippen LogP contribution in [0.4, 0.5) is 13.6 Å². The van der Waals surface area contributed by atoms with E-state index in [-0.39, 0.29) is 24.3 Å². The fourth-order valence-corrected chi connectivity index (χ4v) is 10.6. The van der Waals surface area contributed by atoms with Gasteiger partial charge in [-0.05, 0) is 77.8 Å². The fraction of sp³-hybridized carbons (Fsp3) is 0.490. The largest absolute Gasteiger partial charge is 0.465 e. The summed E-state index contributed by atoms with van der Waals surface area (Å²) in [6.45, 7) is 4.49. The van der Waals surface area contributed by atoms with Crippen LogP contribution < -0.4 is 30.3 Å². The van der Waals surface area contributed by atoms with Crippen LogP contribution in [-0.4, -0.2) is 133 Å². The highest BCUT2D eigenvalue weighted by molar-refractivity contribution is 7.52. The third-order valence-electron chi connectivity index (χ3n) is 11.3. The number of ether oxygens (including phenoxy) is 6. The average molecular weight is 1120 g/mol. The Morgan fingerprint density at radius 2 is 1.25 bits per heavy atom. The predicted octanol–water partition coefficient (Wildman–Crippen LogP) is 4.92. The number of hydrogen-bond donors (Lipinski definition) is 4. The van der Waals surface area contributed by atoms with Gasteiger partial charge in [-0.15, -0.1) is 0 Å². The third-order valence-corrected chi connectivity index (χ3v) is 14.6. The van der Waals surface area contributed by atoms with Gasteiger partial charge in [-0.25, -0.2) is 22.7 Å². The first kappa shape index (κ1) is 61.3. The zero-order valence-corrected chi connectivity index (χ0v) is 44.6. The average Bonchev–Trinajstić information content (AvgIpc) is 3.75. The van der Waals surface area contributed by atoms with Gasteiger partial charge in [0.2, 0.25) is 5.91 Å². The zero-order valence-electron chi connectivity index (χ0n) is 42.8. The Labute approximate surface area is 442 Å². The number of esters is 4. The second kappa shape index (κ2) is 27.7. The fourth-order valence-electron chi connectivity index (χ4n) is 7.57. The molecule has 2 unspecified atom stereocenters. The normalized spacial score (nSPS) is 32.5. The number of carbonyl (C=O) groups excluding carboxylic acids is 7. The van der Waals surface area contributed by atoms with E-state index in [0.717, 1.165) is 39.1 Å². The first-order valence-electron chi connectivity index (χ1n) is 24.0. The number of cyclic esters (lactones) is 2. The zero-order chi connectivity index (χ0) is 56.6. The smallest absolute Gasteiger partial charge is 0.459 e. The Bertz CT molecular complexity index is 2650. The van der Waals surface area contributed by atoms with Crippen LogP contribution in [0, 0.1) is 11.8 Å². The van der Waals surface area contributed by atoms with E-state index in [1.54, 1.807) is 36.4 Å². The SMILES string of the molecule is C/C=C\N(C(N)=O)[C@@H]1O[C@@H]2CO[P@](=O)(Oc3ccccc3)N[C@@H](C)C(=O)OCCCC(=O)O[C@@H]3[C@@H](COP(=O)(Oc4ccccc4)NC(C)C(=O)OCCCC(=O)O[C@H]2[C@@]1(C)F)O[C@@H](C#C/C=C\C(=O)NC(C)=O)[C@]3(C)F. The summed E-state index contributed by atoms with van der Waals surface area (Å²) >= 11 is 0. The van der Waals surface area contributed by atoms with Gasteiger partial charge in [-0.2, -0.15) is 10.2 Å². The van der Waals surface area contributed by atoms with Crippen molar-refractivity contribution in [1.82, 2.24) is 20.4 Å². The number of para-hydroxylation sites is 2. The molecule has 0 spiro atoms. The van der Waals surface area contributed by atoms with E-state index in [0.29, 0.717) is 4.90 Å². The quantitative estimate of drug-likeness (QED) is 0.0940. The van der Waals surface area contributed by atoms with Crippen LogP contribution in [0.25, 0.3) is 0 Å². The molecule has 3 aliphatic rings. The molecule has 0 aromatic heterocycles. The van der Waals surface area contributed by atoms with E-state index in [1.165, 1.54) is 51.1 Å². The maximum Gasteiger partial charge on any atom is 0.459 e. The molecule has 24 nitrogen and oxygen atoms in total. The topological polar surface area (TPSA) is 311 Å². The van der Waals surface area contributed by atoms with Crippen LogP contribution in [0.5, 0.6) is 11.5 Å². The summed E-state index contributed by atoms with van der Waals surface area (Å²) in [5.41, 5.74) is 0.206. The van der Waals surface area contributed by atoms with Gasteiger partial charge < -0.3 is 43.2 Å². The van der Waals surface area contributed by atoms with E-state index in [1.807, 2.05) is 5.32 Å². The van der Waals surface area contributed by atoms with Crippen LogP contribution in [0.1, 0.15) is 67.2 Å². The Balaban J connectivity index is 1.44. The van der Waals surface area contributed by atoms with E-state index in [4.69, 9.17) is 52.2 Å². The number of nitrogens with zero attached hydrogens (tertiary/aromatic N) is 1. The van der Waals surface area contributed by atoms with Crippen molar-refractivity contribution in [2.75, 3.05) is 26.4 Å². The Hall–Kier alpha value is -6.55. The second-order valence-corrected chi connectivity index (χ2v) is 21.1. The molecule has 3 saturated heterocycles. The maximum atomic E-state index is 17.0. The molecule has 420 valence electrons. The lowest BCUT2D eigenvalue weighted by Crippen LogP contribution is -2.52. The molecule has 77 heavy (non-hydrogen) atoms. The number of amides is 4. The van der Waals surface area contributed by atoms with Crippen molar-refractivity contribution in [3.63, 3.8) is 0 Å². The van der Waals surface area contributed by atoms with Gasteiger partial charge in [0.15, 0.2) is 35.9 Å². The molecule has 28 heteroatoms. The lowest BCUT2D eigenvalue weighted by molar-refractivity contribution is -0.159. The number of nitrogens with one attached hydrogen (secondary N) is 3. The summed E-state index contributed by atoms with van der Waals surface area (Å²) in [7, 11) is -9.44. The van der Waals surface area contributed by atoms with Gasteiger partial charge in [0.25, 0.3) is 5.91 Å². The molecule has 3 fully saturated rings. The molecule has 5 N–H and O–H groups in total. The molecule has 0 saturated carbocycles. The molecule has 2 aromatic carbocycles. The number of imide groups is 1. The first-order chi connectivity index (χ1) is 36.4. The van der Waals surface area contributed by atoms with E-state index in [9.17, 15) is 42.7 Å². The first-order valence-corrected chi connectivity index (χ1v) is 27.1. The number of carbonyl (C=O) groups is 7. The standard InChI is InChI=1S/C49H61F2N5O19P2/c1-7-26-56(47(52)63)46-49(6,51)43-37(71-46)30-69-77(65,75-35-20-12-9-13-21-35)55-32(3)45(62)66-27-16-24-40(59)72-42-36(70-38(48(42,5)50)22-14-15-23-39(58)53-33(4)57)29-68-76(64,74-34-18-10-8-11-19-34)54-31(2)44(61)67-28-17-25-41(60)73-43/h7-13,15,18-21,23,26,31-32,36-38,42-43,46H,16-17,24-25,27-30H2,1-6H3,(H2,52,63)(H,54,64)(H,55,65)(H,53,57,58)/b23-15-,26-7-/t31?,32-,36+,37+,38-,42+,43+,46+,48-,49+,76?,77-/m0/s1. The summed E-state index contributed by atoms with van der Waals surface area (Å²) in [5, 5.41) is 6.91. The van der Waals surface area contributed by atoms with Crippen molar-refractivity contribution in [3.8, 4) is 23.3 Å². The van der Waals surface area contributed by atoms with E-state index < -0.39 is 157 Å². The van der Waals surface area contributed by atoms with E-state index >= 15 is 8.78 Å². The Kier molecular flexibility index (Phi) is 22.0. The number of hydrogen-bond acceptors (Lipinski definition) is 19. The molecular weight excluding hydrogens is 1060 g/mol. The van der Waals surface area contributed by atoms with Crippen molar-refractivity contribution in [1.29, 1.82) is 0 Å². The van der Waals surface area contributed by atoms with Crippen molar-refractivity contribution >= 4 is 57.2 Å². The van der Waals surface area contributed by atoms with Crippen LogP contribution >= 0.6 is 15.5 Å².